The molecule has 0 aromatic rings. The van der Waals surface area contributed by atoms with Crippen LogP contribution < -0.4 is 16.9 Å². The third kappa shape index (κ3) is 3.65. The highest BCUT2D eigenvalue weighted by Gasteiger charge is 2.26. The Morgan fingerprint density at radius 1 is 1.58 bits per heavy atom. The molecule has 0 saturated heterocycles. The summed E-state index contributed by atoms with van der Waals surface area (Å²) >= 11 is 0. The van der Waals surface area contributed by atoms with E-state index in [0.717, 1.165) is 0 Å². The van der Waals surface area contributed by atoms with Gasteiger partial charge in [-0.2, -0.15) is 0 Å². The molecule has 0 radical (unpaired) electrons. The van der Waals surface area contributed by atoms with Crippen LogP contribution in [0.15, 0.2) is 5.10 Å². The van der Waals surface area contributed by atoms with E-state index in [4.69, 9.17) is 16.6 Å². The minimum absolute atomic E-state index is 0.115. The van der Waals surface area contributed by atoms with Crippen LogP contribution in [0, 0.1) is 5.41 Å². The van der Waals surface area contributed by atoms with E-state index in [0.29, 0.717) is 0 Å². The van der Waals surface area contributed by atoms with Crippen LogP contribution in [0.4, 0.5) is 0 Å². The summed E-state index contributed by atoms with van der Waals surface area (Å²) in [7, 11) is 0. The Bertz CT molecular complexity index is 196. The van der Waals surface area contributed by atoms with Crippen LogP contribution >= 0.6 is 0 Å². The van der Waals surface area contributed by atoms with Gasteiger partial charge in [-0.1, -0.05) is 0 Å². The molecule has 0 atom stereocenters. The number of nitrogens with one attached hydrogen (secondary N) is 1. The van der Waals surface area contributed by atoms with Gasteiger partial charge in [0.25, 0.3) is 0 Å². The molecule has 6 N–H and O–H groups in total. The van der Waals surface area contributed by atoms with Crippen LogP contribution in [0.3, 0.4) is 0 Å². The van der Waals surface area contributed by atoms with Crippen molar-refractivity contribution in [2.45, 2.75) is 13.8 Å². The van der Waals surface area contributed by atoms with Crippen LogP contribution in [-0.2, 0) is 4.79 Å². The average molecular weight is 174 g/mol. The maximum absolute atomic E-state index is 10.5. The van der Waals surface area contributed by atoms with Gasteiger partial charge >= 0.3 is 5.97 Å². The Morgan fingerprint density at radius 2 is 2.08 bits per heavy atom. The number of aliphatic carboxylic acids is 1. The summed E-state index contributed by atoms with van der Waals surface area (Å²) < 4.78 is 0. The summed E-state index contributed by atoms with van der Waals surface area (Å²) in [6.07, 6.45) is 0. The Labute approximate surface area is 70.6 Å². The number of guanidine groups is 1. The molecule has 12 heavy (non-hydrogen) atoms. The van der Waals surface area contributed by atoms with Crippen molar-refractivity contribution in [1.82, 2.24) is 5.43 Å². The number of carboxylic acids is 1. The first-order valence-electron chi connectivity index (χ1n) is 3.41. The molecule has 0 aliphatic heterocycles. The van der Waals surface area contributed by atoms with E-state index >= 15 is 0 Å². The van der Waals surface area contributed by atoms with Gasteiger partial charge in [0.1, 0.15) is 0 Å². The lowest BCUT2D eigenvalue weighted by Crippen LogP contribution is -2.36. The van der Waals surface area contributed by atoms with Gasteiger partial charge < -0.3 is 22.0 Å². The molecule has 0 amide bonds. The first-order chi connectivity index (χ1) is 5.36. The molecule has 0 bridgehead atoms. The van der Waals surface area contributed by atoms with Crippen molar-refractivity contribution in [2.24, 2.45) is 22.0 Å². The summed E-state index contributed by atoms with van der Waals surface area (Å²) in [5, 5.41) is 12.1. The van der Waals surface area contributed by atoms with E-state index in [2.05, 4.69) is 10.5 Å². The summed E-state index contributed by atoms with van der Waals surface area (Å²) in [5.74, 6) is -1.02. The van der Waals surface area contributed by atoms with Gasteiger partial charge in [-0.25, -0.2) is 0 Å². The smallest absolute Gasteiger partial charge is 0.310 e. The first kappa shape index (κ1) is 10.5. The molecule has 0 heterocycles. The monoisotopic (exact) mass is 174 g/mol. The molecule has 0 fully saturated rings. The van der Waals surface area contributed by atoms with E-state index in [-0.39, 0.29) is 12.5 Å². The van der Waals surface area contributed by atoms with E-state index in [9.17, 15) is 4.79 Å². The average Bonchev–Trinajstić information content (AvgIpc) is 1.85. The molecule has 0 rings (SSSR count). The SMILES string of the molecule is CC(C)(CNN=C(N)N)C(=O)O. The zero-order chi connectivity index (χ0) is 9.78. The molecular formula is C6H14N4O2. The van der Waals surface area contributed by atoms with Gasteiger partial charge in [0, 0.05) is 6.54 Å². The van der Waals surface area contributed by atoms with E-state index in [1.54, 1.807) is 13.8 Å². The van der Waals surface area contributed by atoms with Crippen molar-refractivity contribution in [3.63, 3.8) is 0 Å². The van der Waals surface area contributed by atoms with Crippen LogP contribution in [0.25, 0.3) is 0 Å². The number of nitrogens with two attached hydrogens (primary N) is 2. The van der Waals surface area contributed by atoms with Crippen molar-refractivity contribution in [3.05, 3.63) is 0 Å². The molecule has 6 nitrogen and oxygen atoms in total. The molecule has 0 aliphatic carbocycles. The third-order valence-corrected chi connectivity index (χ3v) is 1.31. The maximum atomic E-state index is 10.5. The largest absolute Gasteiger partial charge is 0.481 e. The van der Waals surface area contributed by atoms with Crippen LogP contribution in [-0.4, -0.2) is 23.6 Å². The van der Waals surface area contributed by atoms with Gasteiger partial charge in [-0.3, -0.25) is 4.79 Å². The van der Waals surface area contributed by atoms with E-state index < -0.39 is 11.4 Å². The normalized spacial score (nSPS) is 10.5. The second-order valence-electron chi connectivity index (χ2n) is 3.06. The van der Waals surface area contributed by atoms with Crippen molar-refractivity contribution in [2.75, 3.05) is 6.54 Å². The minimum atomic E-state index is -0.902. The molecule has 70 valence electrons. The van der Waals surface area contributed by atoms with Gasteiger partial charge in [0.15, 0.2) is 0 Å². The van der Waals surface area contributed by atoms with Gasteiger partial charge in [-0.15, -0.1) is 5.10 Å². The molecule has 6 heteroatoms. The number of hydrogen-bond donors (Lipinski definition) is 4. The minimum Gasteiger partial charge on any atom is -0.481 e. The molecule has 0 aromatic carbocycles. The van der Waals surface area contributed by atoms with E-state index in [1.165, 1.54) is 0 Å². The van der Waals surface area contributed by atoms with Crippen molar-refractivity contribution >= 4 is 11.9 Å². The fraction of sp³-hybridized carbons (Fsp3) is 0.667. The first-order valence-corrected chi connectivity index (χ1v) is 3.41. The molecule has 0 aromatic heterocycles. The molecular weight excluding hydrogens is 160 g/mol. The Balaban J connectivity index is 3.93. The predicted octanol–water partition coefficient (Wildman–Crippen LogP) is -1.12. The molecule has 0 saturated carbocycles. The Kier molecular flexibility index (Phi) is 3.33. The molecule has 0 unspecified atom stereocenters. The highest BCUT2D eigenvalue weighted by Crippen LogP contribution is 2.12. The zero-order valence-electron chi connectivity index (χ0n) is 7.16. The van der Waals surface area contributed by atoms with Crippen LogP contribution in [0.2, 0.25) is 0 Å². The fourth-order valence-electron chi connectivity index (χ4n) is 0.404. The zero-order valence-corrected chi connectivity index (χ0v) is 7.16. The molecule has 0 aliphatic rings. The Morgan fingerprint density at radius 3 is 2.42 bits per heavy atom. The number of nitrogens with zero attached hydrogens (tertiary/aromatic N) is 1. The Hall–Kier alpha value is -1.46. The lowest BCUT2D eigenvalue weighted by Gasteiger charge is -2.17. The summed E-state index contributed by atoms with van der Waals surface area (Å²) in [6, 6.07) is 0. The second kappa shape index (κ2) is 3.80. The lowest BCUT2D eigenvalue weighted by molar-refractivity contribution is -0.146. The standard InChI is InChI=1S/C6H14N4O2/c1-6(2,4(11)12)3-9-10-5(7)8/h9H,3H2,1-2H3,(H,11,12)(H4,7,8,10). The van der Waals surface area contributed by atoms with Crippen LogP contribution in [0.1, 0.15) is 13.8 Å². The maximum Gasteiger partial charge on any atom is 0.310 e. The third-order valence-electron chi connectivity index (χ3n) is 1.31. The fourth-order valence-corrected chi connectivity index (χ4v) is 0.404. The summed E-state index contributed by atoms with van der Waals surface area (Å²) in [4.78, 5) is 10.5. The quantitative estimate of drug-likeness (QED) is 0.245. The van der Waals surface area contributed by atoms with E-state index in [1.807, 2.05) is 0 Å². The second-order valence-corrected chi connectivity index (χ2v) is 3.06. The lowest BCUT2D eigenvalue weighted by atomic mass is 9.94. The highest BCUT2D eigenvalue weighted by molar-refractivity contribution is 5.75. The van der Waals surface area contributed by atoms with Crippen molar-refractivity contribution in [3.8, 4) is 0 Å². The number of carbonyl (C=O) groups is 1. The van der Waals surface area contributed by atoms with Gasteiger partial charge in [0.2, 0.25) is 5.96 Å². The molecule has 0 spiro atoms. The number of carboxylic acid groups (broad SMARTS) is 1. The summed E-state index contributed by atoms with van der Waals surface area (Å²) in [6.45, 7) is 3.33. The number of hydrogen-bond acceptors (Lipinski definition) is 3. The number of hydrazone groups is 1. The van der Waals surface area contributed by atoms with Crippen molar-refractivity contribution in [1.29, 1.82) is 0 Å². The predicted molar refractivity (Wildman–Crippen MR) is 45.2 cm³/mol. The van der Waals surface area contributed by atoms with Crippen molar-refractivity contribution < 1.29 is 9.90 Å². The van der Waals surface area contributed by atoms with Gasteiger partial charge in [-0.05, 0) is 13.8 Å². The number of rotatable bonds is 4. The summed E-state index contributed by atoms with van der Waals surface area (Å²) in [5.41, 5.74) is 11.6. The highest BCUT2D eigenvalue weighted by atomic mass is 16.4. The van der Waals surface area contributed by atoms with Crippen LogP contribution in [0.5, 0.6) is 0 Å². The topological polar surface area (TPSA) is 114 Å². The van der Waals surface area contributed by atoms with Gasteiger partial charge in [0.05, 0.1) is 5.41 Å².